The summed E-state index contributed by atoms with van der Waals surface area (Å²) in [7, 11) is 0. The lowest BCUT2D eigenvalue weighted by molar-refractivity contribution is -0.129. The monoisotopic (exact) mass is 445 g/mol. The molecule has 0 fully saturated rings. The number of hydrogen-bond donors (Lipinski definition) is 2. The lowest BCUT2D eigenvalue weighted by Crippen LogP contribution is -2.17. The van der Waals surface area contributed by atoms with E-state index in [4.69, 9.17) is 9.73 Å². The highest BCUT2D eigenvalue weighted by atomic mass is 16.5. The van der Waals surface area contributed by atoms with Gasteiger partial charge in [0.05, 0.1) is 5.69 Å². The largest absolute Gasteiger partial charge is 0.361 e. The molecule has 2 N–H and O–H groups in total. The van der Waals surface area contributed by atoms with E-state index in [2.05, 4.69) is 58.4 Å². The number of fused-ring (bicyclic) bond motifs is 1. The van der Waals surface area contributed by atoms with Crippen LogP contribution in [0.25, 0.3) is 22.0 Å². The van der Waals surface area contributed by atoms with Gasteiger partial charge in [-0.3, -0.25) is 10.0 Å². The summed E-state index contributed by atoms with van der Waals surface area (Å²) in [5.74, 6) is 0.525. The van der Waals surface area contributed by atoms with E-state index in [-0.39, 0.29) is 5.91 Å². The normalized spacial score (nSPS) is 11.2. The summed E-state index contributed by atoms with van der Waals surface area (Å²) >= 11 is 0. The number of carbonyl (C=O) groups is 1. The summed E-state index contributed by atoms with van der Waals surface area (Å²) in [6.07, 6.45) is 7.39. The molecule has 0 unspecified atom stereocenters. The van der Waals surface area contributed by atoms with Crippen molar-refractivity contribution in [3.63, 3.8) is 0 Å². The van der Waals surface area contributed by atoms with E-state index in [1.165, 1.54) is 22.0 Å². The van der Waals surface area contributed by atoms with Crippen LogP contribution in [0, 0.1) is 13.8 Å². The van der Waals surface area contributed by atoms with Crippen LogP contribution >= 0.6 is 0 Å². The fourth-order valence-electron chi connectivity index (χ4n) is 4.54. The van der Waals surface area contributed by atoms with Crippen molar-refractivity contribution >= 4 is 16.8 Å². The number of nitrogens with zero attached hydrogens (tertiary/aromatic N) is 2. The first-order chi connectivity index (χ1) is 16.1. The van der Waals surface area contributed by atoms with Crippen LogP contribution in [0.1, 0.15) is 54.7 Å². The van der Waals surface area contributed by atoms with Crippen molar-refractivity contribution in [2.45, 2.75) is 58.9 Å². The van der Waals surface area contributed by atoms with E-state index in [1.54, 1.807) is 5.48 Å². The molecule has 33 heavy (non-hydrogen) atoms. The number of benzene rings is 2. The van der Waals surface area contributed by atoms with Crippen LogP contribution in [0.15, 0.2) is 59.3 Å². The highest BCUT2D eigenvalue weighted by Crippen LogP contribution is 2.32. The maximum absolute atomic E-state index is 11.1. The summed E-state index contributed by atoms with van der Waals surface area (Å²) in [6.45, 7) is 4.87. The first kappa shape index (κ1) is 22.8. The summed E-state index contributed by atoms with van der Waals surface area (Å²) in [5.41, 5.74) is 8.64. The molecule has 2 aromatic carbocycles. The number of rotatable bonds is 10. The maximum Gasteiger partial charge on any atom is 0.243 e. The van der Waals surface area contributed by atoms with Crippen molar-refractivity contribution in [3.05, 3.63) is 77.3 Å². The molecule has 0 saturated carbocycles. The molecule has 0 radical (unpaired) electrons. The van der Waals surface area contributed by atoms with Crippen molar-refractivity contribution in [3.8, 4) is 11.1 Å². The van der Waals surface area contributed by atoms with Gasteiger partial charge in [-0.1, -0.05) is 54.4 Å². The van der Waals surface area contributed by atoms with Gasteiger partial charge in [-0.25, -0.2) is 5.48 Å². The number of aryl methyl sites for hydroxylation is 3. The predicted octanol–water partition coefficient (Wildman–Crippen LogP) is 5.96. The fourth-order valence-corrected chi connectivity index (χ4v) is 4.54. The minimum absolute atomic E-state index is 0.314. The molecule has 0 bridgehead atoms. The van der Waals surface area contributed by atoms with E-state index in [0.29, 0.717) is 6.42 Å². The smallest absolute Gasteiger partial charge is 0.243 e. The highest BCUT2D eigenvalue weighted by molar-refractivity contribution is 5.89. The Labute approximate surface area is 194 Å². The van der Waals surface area contributed by atoms with E-state index < -0.39 is 0 Å². The molecule has 6 heteroatoms. The molecular weight excluding hydrogens is 414 g/mol. The zero-order chi connectivity index (χ0) is 23.2. The Kier molecular flexibility index (Phi) is 7.25. The zero-order valence-corrected chi connectivity index (χ0v) is 19.3. The molecule has 172 valence electrons. The molecule has 2 aromatic heterocycles. The minimum Gasteiger partial charge on any atom is -0.361 e. The van der Waals surface area contributed by atoms with Gasteiger partial charge in [-0.2, -0.15) is 0 Å². The van der Waals surface area contributed by atoms with Crippen LogP contribution in [-0.2, 0) is 17.8 Å². The number of nitrogens with one attached hydrogen (secondary N) is 1. The Hall–Kier alpha value is -3.38. The standard InChI is InChI=1S/C27H31N3O3/c1-19-27(20(2)33-29-19)22-13-14-25-24(17-22)23(16-21-10-6-5-7-11-21)18-30(25)15-9-4-3-8-12-26(31)28-32/h5-7,10-11,13-14,17-18,32H,3-4,8-9,12,15-16H2,1-2H3,(H,28,31). The van der Waals surface area contributed by atoms with Gasteiger partial charge in [0.15, 0.2) is 0 Å². The van der Waals surface area contributed by atoms with Crippen molar-refractivity contribution in [2.24, 2.45) is 0 Å². The molecule has 0 aliphatic carbocycles. The third-order valence-electron chi connectivity index (χ3n) is 6.20. The van der Waals surface area contributed by atoms with Gasteiger partial charge in [0, 0.05) is 35.6 Å². The molecule has 4 aromatic rings. The van der Waals surface area contributed by atoms with E-state index in [1.807, 2.05) is 19.9 Å². The topological polar surface area (TPSA) is 80.3 Å². The lowest BCUT2D eigenvalue weighted by Gasteiger charge is -2.07. The fraction of sp³-hybridized carbons (Fsp3) is 0.333. The molecular formula is C27H31N3O3. The van der Waals surface area contributed by atoms with Gasteiger partial charge in [-0.05, 0) is 61.9 Å². The summed E-state index contributed by atoms with van der Waals surface area (Å²) in [5, 5.41) is 14.0. The van der Waals surface area contributed by atoms with Crippen molar-refractivity contribution < 1.29 is 14.5 Å². The molecule has 0 saturated heterocycles. The number of unbranched alkanes of at least 4 members (excludes halogenated alkanes) is 3. The number of aromatic nitrogens is 2. The molecule has 4 rings (SSSR count). The second-order valence-corrected chi connectivity index (χ2v) is 8.64. The van der Waals surface area contributed by atoms with Gasteiger partial charge >= 0.3 is 0 Å². The van der Waals surface area contributed by atoms with Gasteiger partial charge in [-0.15, -0.1) is 0 Å². The Balaban J connectivity index is 1.57. The van der Waals surface area contributed by atoms with E-state index in [9.17, 15) is 4.79 Å². The number of hydroxylamine groups is 1. The van der Waals surface area contributed by atoms with Crippen LogP contribution in [0.3, 0.4) is 0 Å². The van der Waals surface area contributed by atoms with E-state index in [0.717, 1.165) is 61.2 Å². The Bertz CT molecular complexity index is 1200. The minimum atomic E-state index is -0.314. The Morgan fingerprint density at radius 2 is 1.85 bits per heavy atom. The molecule has 0 aliphatic heterocycles. The van der Waals surface area contributed by atoms with Crippen LogP contribution in [0.5, 0.6) is 0 Å². The van der Waals surface area contributed by atoms with Gasteiger partial charge in [0.25, 0.3) is 0 Å². The molecule has 6 nitrogen and oxygen atoms in total. The van der Waals surface area contributed by atoms with Gasteiger partial charge < -0.3 is 9.09 Å². The average molecular weight is 446 g/mol. The lowest BCUT2D eigenvalue weighted by atomic mass is 9.99. The summed E-state index contributed by atoms with van der Waals surface area (Å²) in [4.78, 5) is 11.1. The van der Waals surface area contributed by atoms with Crippen LogP contribution < -0.4 is 5.48 Å². The first-order valence-electron chi connectivity index (χ1n) is 11.6. The summed E-state index contributed by atoms with van der Waals surface area (Å²) < 4.78 is 7.76. The SMILES string of the molecule is Cc1noc(C)c1-c1ccc2c(c1)c(Cc1ccccc1)cn2CCCCCCC(=O)NO. The zero-order valence-electron chi connectivity index (χ0n) is 19.3. The van der Waals surface area contributed by atoms with Crippen molar-refractivity contribution in [2.75, 3.05) is 0 Å². The summed E-state index contributed by atoms with van der Waals surface area (Å²) in [6, 6.07) is 17.2. The van der Waals surface area contributed by atoms with E-state index >= 15 is 0 Å². The number of hydrogen-bond acceptors (Lipinski definition) is 4. The van der Waals surface area contributed by atoms with Gasteiger partial charge in [0.1, 0.15) is 5.76 Å². The Morgan fingerprint density at radius 1 is 1.06 bits per heavy atom. The third kappa shape index (κ3) is 5.34. The third-order valence-corrected chi connectivity index (χ3v) is 6.20. The van der Waals surface area contributed by atoms with Crippen LogP contribution in [0.2, 0.25) is 0 Å². The predicted molar refractivity (Wildman–Crippen MR) is 129 cm³/mol. The van der Waals surface area contributed by atoms with Crippen LogP contribution in [0.4, 0.5) is 0 Å². The average Bonchev–Trinajstić information content (AvgIpc) is 3.35. The molecule has 2 heterocycles. The van der Waals surface area contributed by atoms with Gasteiger partial charge in [0.2, 0.25) is 5.91 Å². The molecule has 0 spiro atoms. The van der Waals surface area contributed by atoms with Crippen LogP contribution in [-0.4, -0.2) is 20.8 Å². The highest BCUT2D eigenvalue weighted by Gasteiger charge is 2.15. The molecule has 0 atom stereocenters. The van der Waals surface area contributed by atoms with Crippen molar-refractivity contribution in [1.82, 2.24) is 15.2 Å². The van der Waals surface area contributed by atoms with Crippen molar-refractivity contribution in [1.29, 1.82) is 0 Å². The number of carbonyl (C=O) groups excluding carboxylic acids is 1. The Morgan fingerprint density at radius 3 is 2.58 bits per heavy atom. The second kappa shape index (κ2) is 10.5. The second-order valence-electron chi connectivity index (χ2n) is 8.64. The molecule has 1 amide bonds. The molecule has 0 aliphatic rings. The first-order valence-corrected chi connectivity index (χ1v) is 11.6. The number of amides is 1. The quantitative estimate of drug-likeness (QED) is 0.179. The maximum atomic E-state index is 11.1.